The first-order valence-electron chi connectivity index (χ1n) is 9.24. The Morgan fingerprint density at radius 2 is 1.73 bits per heavy atom. The highest BCUT2D eigenvalue weighted by molar-refractivity contribution is 6.00. The Balaban J connectivity index is 1.76. The number of amides is 1. The van der Waals surface area contributed by atoms with Crippen LogP contribution in [0.15, 0.2) is 60.8 Å². The molecule has 0 spiro atoms. The average Bonchev–Trinajstić information content (AvgIpc) is 3.32. The summed E-state index contributed by atoms with van der Waals surface area (Å²) in [4.78, 5) is 13.0. The first kappa shape index (κ1) is 16.6. The van der Waals surface area contributed by atoms with Gasteiger partial charge in [-0.15, -0.1) is 0 Å². The number of hydrogen-bond donors (Lipinski definition) is 1. The van der Waals surface area contributed by atoms with Gasteiger partial charge in [-0.05, 0) is 37.5 Å². The second kappa shape index (κ2) is 7.16. The van der Waals surface area contributed by atoms with E-state index in [1.165, 1.54) is 12.8 Å². The third-order valence-electron chi connectivity index (χ3n) is 5.07. The smallest absolute Gasteiger partial charge is 0.255 e. The molecule has 0 unspecified atom stereocenters. The Bertz CT molecular complexity index is 908. The van der Waals surface area contributed by atoms with E-state index >= 15 is 0 Å². The highest BCUT2D eigenvalue weighted by Gasteiger charge is 2.23. The van der Waals surface area contributed by atoms with E-state index in [2.05, 4.69) is 18.3 Å². The monoisotopic (exact) mass is 345 g/mol. The van der Waals surface area contributed by atoms with Crippen LogP contribution in [0.5, 0.6) is 0 Å². The number of benzene rings is 2. The van der Waals surface area contributed by atoms with Crippen LogP contribution in [0.1, 0.15) is 41.6 Å². The quantitative estimate of drug-likeness (QED) is 0.756. The summed E-state index contributed by atoms with van der Waals surface area (Å²) in [5.41, 5.74) is 4.43. The SMILES string of the molecule is Cc1ccccc1-c1nn(-c2ccccc2)cc1C(=O)NC1CCCC1. The van der Waals surface area contributed by atoms with Gasteiger partial charge >= 0.3 is 0 Å². The standard InChI is InChI=1S/C22H23N3O/c1-16-9-5-8-14-19(16)21-20(22(26)23-17-10-6-7-11-17)15-25(24-21)18-12-3-2-4-13-18/h2-5,8-9,12-15,17H,6-7,10-11H2,1H3,(H,23,26). The number of aryl methyl sites for hydroxylation is 1. The molecule has 1 saturated carbocycles. The Kier molecular flexibility index (Phi) is 4.57. The first-order chi connectivity index (χ1) is 12.7. The molecule has 1 N–H and O–H groups in total. The molecule has 1 aliphatic carbocycles. The van der Waals surface area contributed by atoms with Crippen molar-refractivity contribution in [2.75, 3.05) is 0 Å². The Morgan fingerprint density at radius 3 is 2.46 bits per heavy atom. The number of carbonyl (C=O) groups excluding carboxylic acids is 1. The van der Waals surface area contributed by atoms with Crippen LogP contribution in [0.3, 0.4) is 0 Å². The lowest BCUT2D eigenvalue weighted by Gasteiger charge is -2.12. The van der Waals surface area contributed by atoms with E-state index in [4.69, 9.17) is 5.10 Å². The van der Waals surface area contributed by atoms with Gasteiger partial charge in [-0.1, -0.05) is 55.3 Å². The summed E-state index contributed by atoms with van der Waals surface area (Å²) in [6.45, 7) is 2.05. The van der Waals surface area contributed by atoms with Crippen molar-refractivity contribution in [2.24, 2.45) is 0 Å². The fourth-order valence-electron chi connectivity index (χ4n) is 3.62. The van der Waals surface area contributed by atoms with Gasteiger partial charge in [0.25, 0.3) is 5.91 Å². The van der Waals surface area contributed by atoms with Crippen molar-refractivity contribution in [3.05, 3.63) is 71.9 Å². The van der Waals surface area contributed by atoms with Crippen LogP contribution < -0.4 is 5.32 Å². The van der Waals surface area contributed by atoms with Gasteiger partial charge < -0.3 is 5.32 Å². The van der Waals surface area contributed by atoms with Gasteiger partial charge in [0.15, 0.2) is 0 Å². The second-order valence-corrected chi connectivity index (χ2v) is 6.94. The Labute approximate surface area is 153 Å². The molecule has 1 heterocycles. The van der Waals surface area contributed by atoms with E-state index in [0.29, 0.717) is 5.56 Å². The van der Waals surface area contributed by atoms with Crippen LogP contribution in [0.4, 0.5) is 0 Å². The van der Waals surface area contributed by atoms with Crippen molar-refractivity contribution in [3.63, 3.8) is 0 Å². The molecule has 1 aromatic heterocycles. The Hall–Kier alpha value is -2.88. The molecule has 3 aromatic rings. The number of aromatic nitrogens is 2. The zero-order valence-corrected chi connectivity index (χ0v) is 15.0. The van der Waals surface area contributed by atoms with Gasteiger partial charge in [-0.3, -0.25) is 4.79 Å². The lowest BCUT2D eigenvalue weighted by molar-refractivity contribution is 0.0938. The topological polar surface area (TPSA) is 46.9 Å². The minimum atomic E-state index is -0.0302. The van der Waals surface area contributed by atoms with Crippen LogP contribution in [-0.4, -0.2) is 21.7 Å². The molecule has 4 rings (SSSR count). The van der Waals surface area contributed by atoms with Crippen molar-refractivity contribution < 1.29 is 4.79 Å². The fraction of sp³-hybridized carbons (Fsp3) is 0.273. The number of rotatable bonds is 4. The molecule has 0 radical (unpaired) electrons. The highest BCUT2D eigenvalue weighted by Crippen LogP contribution is 2.27. The van der Waals surface area contributed by atoms with Gasteiger partial charge in [0.1, 0.15) is 5.69 Å². The van der Waals surface area contributed by atoms with Crippen molar-refractivity contribution in [3.8, 4) is 16.9 Å². The molecule has 0 atom stereocenters. The van der Waals surface area contributed by atoms with E-state index in [1.54, 1.807) is 4.68 Å². The molecule has 1 fully saturated rings. The summed E-state index contributed by atoms with van der Waals surface area (Å²) in [5.74, 6) is -0.0302. The summed E-state index contributed by atoms with van der Waals surface area (Å²) >= 11 is 0. The normalized spacial score (nSPS) is 14.5. The average molecular weight is 345 g/mol. The van der Waals surface area contributed by atoms with E-state index in [9.17, 15) is 4.79 Å². The summed E-state index contributed by atoms with van der Waals surface area (Å²) in [7, 11) is 0. The maximum absolute atomic E-state index is 13.0. The van der Waals surface area contributed by atoms with Gasteiger partial charge in [0, 0.05) is 17.8 Å². The van der Waals surface area contributed by atoms with Crippen LogP contribution in [0, 0.1) is 6.92 Å². The fourth-order valence-corrected chi connectivity index (χ4v) is 3.62. The second-order valence-electron chi connectivity index (χ2n) is 6.94. The third-order valence-corrected chi connectivity index (χ3v) is 5.07. The largest absolute Gasteiger partial charge is 0.349 e. The summed E-state index contributed by atoms with van der Waals surface area (Å²) < 4.78 is 1.80. The molecule has 4 heteroatoms. The molecule has 26 heavy (non-hydrogen) atoms. The molecule has 132 valence electrons. The number of hydrogen-bond acceptors (Lipinski definition) is 2. The molecule has 4 nitrogen and oxygen atoms in total. The first-order valence-corrected chi connectivity index (χ1v) is 9.24. The lowest BCUT2D eigenvalue weighted by atomic mass is 10.0. The van der Waals surface area contributed by atoms with Gasteiger partial charge in [0.2, 0.25) is 0 Å². The van der Waals surface area contributed by atoms with Crippen molar-refractivity contribution >= 4 is 5.91 Å². The molecule has 0 aliphatic heterocycles. The van der Waals surface area contributed by atoms with Crippen LogP contribution in [-0.2, 0) is 0 Å². The summed E-state index contributed by atoms with van der Waals surface area (Å²) in [6.07, 6.45) is 6.37. The van der Waals surface area contributed by atoms with E-state index in [-0.39, 0.29) is 11.9 Å². The summed E-state index contributed by atoms with van der Waals surface area (Å²) in [6, 6.07) is 18.3. The molecular formula is C22H23N3O. The predicted molar refractivity (Wildman–Crippen MR) is 103 cm³/mol. The zero-order chi connectivity index (χ0) is 17.9. The van der Waals surface area contributed by atoms with E-state index in [0.717, 1.165) is 35.3 Å². The van der Waals surface area contributed by atoms with Gasteiger partial charge in [-0.2, -0.15) is 5.10 Å². The number of nitrogens with zero attached hydrogens (tertiary/aromatic N) is 2. The zero-order valence-electron chi connectivity index (χ0n) is 15.0. The minimum absolute atomic E-state index is 0.0302. The maximum Gasteiger partial charge on any atom is 0.255 e. The number of para-hydroxylation sites is 1. The van der Waals surface area contributed by atoms with Crippen LogP contribution in [0.2, 0.25) is 0 Å². The van der Waals surface area contributed by atoms with Gasteiger partial charge in [0.05, 0.1) is 11.3 Å². The van der Waals surface area contributed by atoms with Crippen LogP contribution >= 0.6 is 0 Å². The predicted octanol–water partition coefficient (Wildman–Crippen LogP) is 4.52. The van der Waals surface area contributed by atoms with Gasteiger partial charge in [-0.25, -0.2) is 4.68 Å². The minimum Gasteiger partial charge on any atom is -0.349 e. The molecule has 2 aromatic carbocycles. The van der Waals surface area contributed by atoms with E-state index in [1.807, 2.05) is 54.7 Å². The molecule has 0 bridgehead atoms. The Morgan fingerprint density at radius 1 is 1.04 bits per heavy atom. The molecular weight excluding hydrogens is 322 g/mol. The molecule has 1 amide bonds. The van der Waals surface area contributed by atoms with Crippen molar-refractivity contribution in [2.45, 2.75) is 38.6 Å². The lowest BCUT2D eigenvalue weighted by Crippen LogP contribution is -2.32. The molecule has 1 aliphatic rings. The highest BCUT2D eigenvalue weighted by atomic mass is 16.1. The maximum atomic E-state index is 13.0. The van der Waals surface area contributed by atoms with Crippen molar-refractivity contribution in [1.82, 2.24) is 15.1 Å². The third kappa shape index (κ3) is 3.27. The van der Waals surface area contributed by atoms with E-state index < -0.39 is 0 Å². The summed E-state index contributed by atoms with van der Waals surface area (Å²) in [5, 5.41) is 7.96. The van der Waals surface area contributed by atoms with Crippen molar-refractivity contribution in [1.29, 1.82) is 0 Å². The van der Waals surface area contributed by atoms with Crippen LogP contribution in [0.25, 0.3) is 16.9 Å². The number of carbonyl (C=O) groups is 1. The number of nitrogens with one attached hydrogen (secondary N) is 1. The molecule has 0 saturated heterocycles.